The third-order valence-corrected chi connectivity index (χ3v) is 3.44. The molecule has 0 saturated heterocycles. The molecule has 0 aliphatic rings. The molecule has 2 nitrogen and oxygen atoms in total. The Labute approximate surface area is 93.2 Å². The van der Waals surface area contributed by atoms with Crippen molar-refractivity contribution in [1.82, 2.24) is 0 Å². The summed E-state index contributed by atoms with van der Waals surface area (Å²) in [4.78, 5) is 11.6. The monoisotopic (exact) mass is 224 g/mol. The Bertz CT molecular complexity index is 333. The van der Waals surface area contributed by atoms with Gasteiger partial charge in [-0.25, -0.2) is 0 Å². The molecule has 0 fully saturated rings. The minimum atomic E-state index is -1.00. The Morgan fingerprint density at radius 1 is 1.27 bits per heavy atom. The van der Waals surface area contributed by atoms with Gasteiger partial charge in [0.15, 0.2) is 5.78 Å². The molecule has 0 N–H and O–H groups in total. The van der Waals surface area contributed by atoms with Gasteiger partial charge >= 0.3 is 0 Å². The standard InChI is InChI=1S/C12H16O2S/c1-2-3-9-15(14)10-12(13)11-7-5-4-6-8-11/h4-8H,2-3,9-10H2,1H3. The predicted octanol–water partition coefficient (Wildman–Crippen LogP) is 2.42. The number of ketones is 1. The van der Waals surface area contributed by atoms with Crippen molar-refractivity contribution in [3.05, 3.63) is 35.9 Å². The van der Waals surface area contributed by atoms with Crippen molar-refractivity contribution in [3.8, 4) is 0 Å². The van der Waals surface area contributed by atoms with Gasteiger partial charge in [0.25, 0.3) is 0 Å². The number of carbonyl (C=O) groups is 1. The molecule has 1 rings (SSSR count). The summed E-state index contributed by atoms with van der Waals surface area (Å²) < 4.78 is 11.5. The second-order valence-electron chi connectivity index (χ2n) is 3.43. The molecule has 0 amide bonds. The number of Topliss-reactive ketones (excluding diaryl/α,β-unsaturated/α-hetero) is 1. The van der Waals surface area contributed by atoms with Gasteiger partial charge in [-0.15, -0.1) is 0 Å². The topological polar surface area (TPSA) is 34.1 Å². The highest BCUT2D eigenvalue weighted by Gasteiger charge is 2.09. The highest BCUT2D eigenvalue weighted by atomic mass is 32.2. The van der Waals surface area contributed by atoms with E-state index in [1.54, 1.807) is 12.1 Å². The fourth-order valence-electron chi connectivity index (χ4n) is 1.23. The van der Waals surface area contributed by atoms with Crippen LogP contribution in [0.4, 0.5) is 0 Å². The minimum Gasteiger partial charge on any atom is -0.293 e. The van der Waals surface area contributed by atoms with Crippen molar-refractivity contribution in [2.24, 2.45) is 0 Å². The summed E-state index contributed by atoms with van der Waals surface area (Å²) >= 11 is 0. The molecule has 0 saturated carbocycles. The molecule has 1 aromatic rings. The molecular weight excluding hydrogens is 208 g/mol. The first-order chi connectivity index (χ1) is 7.24. The molecule has 0 heterocycles. The maximum absolute atomic E-state index is 11.6. The maximum Gasteiger partial charge on any atom is 0.175 e. The van der Waals surface area contributed by atoms with E-state index in [1.807, 2.05) is 18.2 Å². The molecule has 0 radical (unpaired) electrons. The van der Waals surface area contributed by atoms with Gasteiger partial charge < -0.3 is 0 Å². The van der Waals surface area contributed by atoms with Crippen LogP contribution in [-0.4, -0.2) is 21.5 Å². The summed E-state index contributed by atoms with van der Waals surface area (Å²) in [6.45, 7) is 2.05. The second-order valence-corrected chi connectivity index (χ2v) is 5.01. The van der Waals surface area contributed by atoms with E-state index < -0.39 is 10.8 Å². The van der Waals surface area contributed by atoms with Gasteiger partial charge in [0.2, 0.25) is 0 Å². The van der Waals surface area contributed by atoms with Gasteiger partial charge in [-0.3, -0.25) is 9.00 Å². The van der Waals surface area contributed by atoms with E-state index in [0.29, 0.717) is 11.3 Å². The summed E-state index contributed by atoms with van der Waals surface area (Å²) in [5.74, 6) is 0.768. The van der Waals surface area contributed by atoms with Crippen LogP contribution in [0.25, 0.3) is 0 Å². The van der Waals surface area contributed by atoms with Crippen LogP contribution in [-0.2, 0) is 10.8 Å². The Morgan fingerprint density at radius 2 is 1.93 bits per heavy atom. The highest BCUT2D eigenvalue weighted by Crippen LogP contribution is 2.02. The first kappa shape index (κ1) is 12.1. The van der Waals surface area contributed by atoms with Crippen LogP contribution in [0.2, 0.25) is 0 Å². The lowest BCUT2D eigenvalue weighted by Crippen LogP contribution is -2.13. The number of hydrogen-bond donors (Lipinski definition) is 0. The van der Waals surface area contributed by atoms with Crippen LogP contribution < -0.4 is 0 Å². The zero-order valence-electron chi connectivity index (χ0n) is 8.94. The summed E-state index contributed by atoms with van der Waals surface area (Å²) in [5.41, 5.74) is 0.655. The third-order valence-electron chi connectivity index (χ3n) is 2.11. The molecule has 0 bridgehead atoms. The summed E-state index contributed by atoms with van der Waals surface area (Å²) in [5, 5.41) is 0. The average Bonchev–Trinajstić information content (AvgIpc) is 2.27. The zero-order chi connectivity index (χ0) is 11.1. The van der Waals surface area contributed by atoms with Crippen LogP contribution in [0.5, 0.6) is 0 Å². The van der Waals surface area contributed by atoms with Crippen molar-refractivity contribution in [2.75, 3.05) is 11.5 Å². The van der Waals surface area contributed by atoms with E-state index in [0.717, 1.165) is 12.8 Å². The molecule has 82 valence electrons. The lowest BCUT2D eigenvalue weighted by molar-refractivity contribution is 0.102. The Hall–Kier alpha value is -0.960. The third kappa shape index (κ3) is 4.38. The van der Waals surface area contributed by atoms with E-state index in [-0.39, 0.29) is 11.5 Å². The smallest absolute Gasteiger partial charge is 0.175 e. The number of unbranched alkanes of at least 4 members (excludes halogenated alkanes) is 1. The van der Waals surface area contributed by atoms with Crippen LogP contribution in [0, 0.1) is 0 Å². The van der Waals surface area contributed by atoms with E-state index in [2.05, 4.69) is 6.92 Å². The van der Waals surface area contributed by atoms with Crippen molar-refractivity contribution >= 4 is 16.6 Å². The molecule has 0 aliphatic carbocycles. The summed E-state index contributed by atoms with van der Waals surface area (Å²) in [7, 11) is -1.00. The molecule has 0 spiro atoms. The first-order valence-electron chi connectivity index (χ1n) is 5.17. The normalized spacial score (nSPS) is 12.3. The summed E-state index contributed by atoms with van der Waals surface area (Å²) in [6, 6.07) is 9.04. The Balaban J connectivity index is 2.46. The van der Waals surface area contributed by atoms with Crippen LogP contribution in [0.1, 0.15) is 30.1 Å². The second kappa shape index (κ2) is 6.51. The fraction of sp³-hybridized carbons (Fsp3) is 0.417. The molecule has 15 heavy (non-hydrogen) atoms. The zero-order valence-corrected chi connectivity index (χ0v) is 9.76. The molecule has 1 atom stereocenters. The van der Waals surface area contributed by atoms with Gasteiger partial charge in [-0.1, -0.05) is 43.7 Å². The van der Waals surface area contributed by atoms with Gasteiger partial charge in [0.1, 0.15) is 0 Å². The Morgan fingerprint density at radius 3 is 2.53 bits per heavy atom. The first-order valence-corrected chi connectivity index (χ1v) is 6.66. The van der Waals surface area contributed by atoms with Crippen molar-refractivity contribution in [3.63, 3.8) is 0 Å². The number of rotatable bonds is 6. The van der Waals surface area contributed by atoms with Crippen molar-refractivity contribution in [1.29, 1.82) is 0 Å². The van der Waals surface area contributed by atoms with Crippen molar-refractivity contribution < 1.29 is 9.00 Å². The van der Waals surface area contributed by atoms with Gasteiger partial charge in [-0.2, -0.15) is 0 Å². The summed E-state index contributed by atoms with van der Waals surface area (Å²) in [6.07, 6.45) is 1.94. The van der Waals surface area contributed by atoms with Crippen LogP contribution >= 0.6 is 0 Å². The molecule has 1 unspecified atom stereocenters. The van der Waals surface area contributed by atoms with Gasteiger partial charge in [0, 0.05) is 22.1 Å². The van der Waals surface area contributed by atoms with Crippen LogP contribution in [0.15, 0.2) is 30.3 Å². The van der Waals surface area contributed by atoms with E-state index in [9.17, 15) is 9.00 Å². The quantitative estimate of drug-likeness (QED) is 0.695. The molecular formula is C12H16O2S. The Kier molecular flexibility index (Phi) is 5.26. The molecule has 3 heteroatoms. The number of carbonyl (C=O) groups excluding carboxylic acids is 1. The van der Waals surface area contributed by atoms with E-state index >= 15 is 0 Å². The van der Waals surface area contributed by atoms with E-state index in [1.165, 1.54) is 0 Å². The molecule has 0 aliphatic heterocycles. The van der Waals surface area contributed by atoms with Crippen molar-refractivity contribution in [2.45, 2.75) is 19.8 Å². The van der Waals surface area contributed by atoms with Gasteiger partial charge in [-0.05, 0) is 6.42 Å². The maximum atomic E-state index is 11.6. The number of hydrogen-bond acceptors (Lipinski definition) is 2. The van der Waals surface area contributed by atoms with Gasteiger partial charge in [0.05, 0.1) is 5.75 Å². The van der Waals surface area contributed by atoms with E-state index in [4.69, 9.17) is 0 Å². The lowest BCUT2D eigenvalue weighted by Gasteiger charge is -2.00. The largest absolute Gasteiger partial charge is 0.293 e. The highest BCUT2D eigenvalue weighted by molar-refractivity contribution is 7.85. The average molecular weight is 224 g/mol. The SMILES string of the molecule is CCCCS(=O)CC(=O)c1ccccc1. The number of benzene rings is 1. The predicted molar refractivity (Wildman–Crippen MR) is 63.6 cm³/mol. The lowest BCUT2D eigenvalue weighted by atomic mass is 10.2. The molecule has 0 aromatic heterocycles. The fourth-order valence-corrected chi connectivity index (χ4v) is 2.45. The van der Waals surface area contributed by atoms with Crippen LogP contribution in [0.3, 0.4) is 0 Å². The molecule has 1 aromatic carbocycles. The minimum absolute atomic E-state index is 0.0231.